The first-order valence-corrected chi connectivity index (χ1v) is 10.6. The van der Waals surface area contributed by atoms with Crippen LogP contribution in [0.5, 0.6) is 0 Å². The van der Waals surface area contributed by atoms with E-state index >= 15 is 0 Å². The molecule has 3 heteroatoms. The second kappa shape index (κ2) is 7.26. The summed E-state index contributed by atoms with van der Waals surface area (Å²) in [6.45, 7) is 0. The molecule has 0 spiro atoms. The van der Waals surface area contributed by atoms with Crippen molar-refractivity contribution in [3.8, 4) is 11.1 Å². The van der Waals surface area contributed by atoms with Crippen molar-refractivity contribution in [3.05, 3.63) is 109 Å². The first kappa shape index (κ1) is 17.3. The molecule has 0 saturated heterocycles. The van der Waals surface area contributed by atoms with Gasteiger partial charge in [0.2, 0.25) is 0 Å². The van der Waals surface area contributed by atoms with Gasteiger partial charge in [-0.3, -0.25) is 0 Å². The molecule has 0 radical (unpaired) electrons. The summed E-state index contributed by atoms with van der Waals surface area (Å²) < 4.78 is 14.7. The molecule has 0 aliphatic heterocycles. The zero-order valence-corrected chi connectivity index (χ0v) is 15.7. The second-order valence-electron chi connectivity index (χ2n) is 6.42. The fourth-order valence-electron chi connectivity index (χ4n) is 3.40. The molecule has 27 heavy (non-hydrogen) atoms. The Kier molecular flexibility index (Phi) is 4.66. The lowest BCUT2D eigenvalue weighted by molar-refractivity contribution is 0.592. The molecule has 4 aromatic carbocycles. The molecule has 0 atom stereocenters. The molecule has 132 valence electrons. The van der Waals surface area contributed by atoms with E-state index < -0.39 is 7.14 Å². The maximum atomic E-state index is 14.7. The fourth-order valence-corrected chi connectivity index (χ4v) is 6.28. The standard InChI is InChI=1S/C24H20NOP/c25-20-11-9-10-19(18-20)23-16-7-8-17-24(23)27(26,21-12-3-1-4-13-21)22-14-5-2-6-15-22/h1-18H,25H2. The summed E-state index contributed by atoms with van der Waals surface area (Å²) >= 11 is 0. The number of anilines is 1. The number of nitrogens with two attached hydrogens (primary N) is 1. The first-order valence-electron chi connectivity index (χ1n) is 8.86. The first-order chi connectivity index (χ1) is 13.2. The Hall–Kier alpha value is -3.09. The van der Waals surface area contributed by atoms with Gasteiger partial charge >= 0.3 is 0 Å². The fraction of sp³-hybridized carbons (Fsp3) is 0. The average Bonchev–Trinajstić information content (AvgIpc) is 2.74. The van der Waals surface area contributed by atoms with Crippen molar-refractivity contribution in [1.82, 2.24) is 0 Å². The van der Waals surface area contributed by atoms with E-state index in [0.717, 1.165) is 27.0 Å². The van der Waals surface area contributed by atoms with E-state index in [1.54, 1.807) is 0 Å². The summed E-state index contributed by atoms with van der Waals surface area (Å²) in [4.78, 5) is 0. The van der Waals surface area contributed by atoms with Gasteiger partial charge in [0, 0.05) is 21.6 Å². The number of hydrogen-bond acceptors (Lipinski definition) is 2. The third-order valence-corrected chi connectivity index (χ3v) is 7.80. The van der Waals surface area contributed by atoms with Gasteiger partial charge < -0.3 is 10.3 Å². The summed E-state index contributed by atoms with van der Waals surface area (Å²) in [7, 11) is -3.04. The molecule has 0 heterocycles. The SMILES string of the molecule is Nc1cccc(-c2ccccc2P(=O)(c2ccccc2)c2ccccc2)c1. The normalized spacial score (nSPS) is 11.3. The molecule has 0 aromatic heterocycles. The van der Waals surface area contributed by atoms with Crippen molar-refractivity contribution in [1.29, 1.82) is 0 Å². The van der Waals surface area contributed by atoms with Crippen LogP contribution in [0, 0.1) is 0 Å². The van der Waals surface area contributed by atoms with E-state index in [2.05, 4.69) is 0 Å². The highest BCUT2D eigenvalue weighted by atomic mass is 31.2. The zero-order valence-electron chi connectivity index (χ0n) is 14.8. The molecule has 0 saturated carbocycles. The van der Waals surface area contributed by atoms with Gasteiger partial charge in [0.25, 0.3) is 0 Å². The summed E-state index contributed by atoms with van der Waals surface area (Å²) in [5.74, 6) is 0. The predicted octanol–water partition coefficient (Wildman–Crippen LogP) is 4.58. The van der Waals surface area contributed by atoms with Crippen molar-refractivity contribution in [2.24, 2.45) is 0 Å². The van der Waals surface area contributed by atoms with Crippen LogP contribution in [0.3, 0.4) is 0 Å². The molecule has 0 bridgehead atoms. The summed E-state index contributed by atoms with van der Waals surface area (Å²) in [6, 6.07) is 35.1. The third-order valence-electron chi connectivity index (χ3n) is 4.68. The van der Waals surface area contributed by atoms with E-state index in [4.69, 9.17) is 5.73 Å². The van der Waals surface area contributed by atoms with Crippen LogP contribution in [-0.4, -0.2) is 0 Å². The molecule has 0 aliphatic carbocycles. The quantitative estimate of drug-likeness (QED) is 0.423. The molecule has 2 nitrogen and oxygen atoms in total. The summed E-state index contributed by atoms with van der Waals surface area (Å²) in [6.07, 6.45) is 0. The third kappa shape index (κ3) is 3.20. The Morgan fingerprint density at radius 2 is 1.15 bits per heavy atom. The van der Waals surface area contributed by atoms with E-state index in [-0.39, 0.29) is 0 Å². The van der Waals surface area contributed by atoms with Crippen LogP contribution in [0.1, 0.15) is 0 Å². The van der Waals surface area contributed by atoms with Crippen LogP contribution >= 0.6 is 7.14 Å². The average molecular weight is 369 g/mol. The van der Waals surface area contributed by atoms with Crippen LogP contribution < -0.4 is 21.6 Å². The number of benzene rings is 4. The van der Waals surface area contributed by atoms with Crippen molar-refractivity contribution in [2.45, 2.75) is 0 Å². The highest BCUT2D eigenvalue weighted by molar-refractivity contribution is 7.85. The summed E-state index contributed by atoms with van der Waals surface area (Å²) in [5.41, 5.74) is 8.61. The van der Waals surface area contributed by atoms with E-state index in [0.29, 0.717) is 5.69 Å². The Labute approximate surface area is 159 Å². The van der Waals surface area contributed by atoms with Crippen LogP contribution in [0.2, 0.25) is 0 Å². The van der Waals surface area contributed by atoms with Crippen LogP contribution in [0.4, 0.5) is 5.69 Å². The minimum atomic E-state index is -3.04. The maximum absolute atomic E-state index is 14.7. The second-order valence-corrected chi connectivity index (χ2v) is 9.16. The van der Waals surface area contributed by atoms with E-state index in [9.17, 15) is 4.57 Å². The van der Waals surface area contributed by atoms with Gasteiger partial charge in [0.1, 0.15) is 0 Å². The van der Waals surface area contributed by atoms with Gasteiger partial charge in [-0.25, -0.2) is 0 Å². The van der Waals surface area contributed by atoms with Crippen LogP contribution in [-0.2, 0) is 4.57 Å². The van der Waals surface area contributed by atoms with E-state index in [1.807, 2.05) is 109 Å². The predicted molar refractivity (Wildman–Crippen MR) is 116 cm³/mol. The lowest BCUT2D eigenvalue weighted by Gasteiger charge is -2.23. The van der Waals surface area contributed by atoms with Gasteiger partial charge in [-0.05, 0) is 23.3 Å². The molecule has 4 rings (SSSR count). The van der Waals surface area contributed by atoms with Gasteiger partial charge in [-0.2, -0.15) is 0 Å². The Bertz CT molecular complexity index is 1060. The molecule has 0 aliphatic rings. The number of hydrogen-bond donors (Lipinski definition) is 1. The molecule has 0 fully saturated rings. The van der Waals surface area contributed by atoms with Crippen molar-refractivity contribution >= 4 is 28.7 Å². The molecule has 0 unspecified atom stereocenters. The highest BCUT2D eigenvalue weighted by Gasteiger charge is 2.31. The molecular weight excluding hydrogens is 349 g/mol. The lowest BCUT2D eigenvalue weighted by Crippen LogP contribution is -2.26. The van der Waals surface area contributed by atoms with Gasteiger partial charge in [0.15, 0.2) is 7.14 Å². The van der Waals surface area contributed by atoms with Crippen LogP contribution in [0.25, 0.3) is 11.1 Å². The highest BCUT2D eigenvalue weighted by Crippen LogP contribution is 2.45. The van der Waals surface area contributed by atoms with Gasteiger partial charge in [-0.15, -0.1) is 0 Å². The largest absolute Gasteiger partial charge is 0.399 e. The number of nitrogen functional groups attached to an aromatic ring is 1. The molecule has 2 N–H and O–H groups in total. The molecule has 4 aromatic rings. The van der Waals surface area contributed by atoms with Gasteiger partial charge in [-0.1, -0.05) is 97.1 Å². The monoisotopic (exact) mass is 369 g/mol. The maximum Gasteiger partial charge on any atom is 0.171 e. The van der Waals surface area contributed by atoms with E-state index in [1.165, 1.54) is 0 Å². The lowest BCUT2D eigenvalue weighted by atomic mass is 10.1. The Morgan fingerprint density at radius 1 is 0.593 bits per heavy atom. The van der Waals surface area contributed by atoms with Crippen molar-refractivity contribution in [3.63, 3.8) is 0 Å². The number of rotatable bonds is 4. The Morgan fingerprint density at radius 3 is 1.74 bits per heavy atom. The zero-order chi connectivity index (χ0) is 18.7. The molecule has 0 amide bonds. The minimum absolute atomic E-state index is 0.691. The minimum Gasteiger partial charge on any atom is -0.399 e. The smallest absolute Gasteiger partial charge is 0.171 e. The van der Waals surface area contributed by atoms with Gasteiger partial charge in [0.05, 0.1) is 0 Å². The van der Waals surface area contributed by atoms with Crippen molar-refractivity contribution in [2.75, 3.05) is 5.73 Å². The van der Waals surface area contributed by atoms with Crippen molar-refractivity contribution < 1.29 is 4.57 Å². The Balaban J connectivity index is 2.03. The summed E-state index contributed by atoms with van der Waals surface area (Å²) in [5, 5.41) is 2.48. The topological polar surface area (TPSA) is 43.1 Å². The molecular formula is C24H20NOP. The van der Waals surface area contributed by atoms with Crippen LogP contribution in [0.15, 0.2) is 109 Å².